The number of halogens is 1. The second-order valence-corrected chi connectivity index (χ2v) is 7.82. The fourth-order valence-electron chi connectivity index (χ4n) is 3.57. The summed E-state index contributed by atoms with van der Waals surface area (Å²) in [5.41, 5.74) is 0.153. The molecule has 0 bridgehead atoms. The molecule has 6 nitrogen and oxygen atoms in total. The Morgan fingerprint density at radius 3 is 2.43 bits per heavy atom. The molecular formula is C21H25IO6. The van der Waals surface area contributed by atoms with Crippen LogP contribution in [0, 0.1) is 5.41 Å². The fourth-order valence-corrected chi connectivity index (χ4v) is 4.69. The van der Waals surface area contributed by atoms with Crippen LogP contribution in [-0.2, 0) is 35.0 Å². The van der Waals surface area contributed by atoms with E-state index in [1.165, 1.54) is 0 Å². The lowest BCUT2D eigenvalue weighted by Gasteiger charge is -2.38. The molecule has 2 aliphatic rings. The molecule has 0 N–H and O–H groups in total. The van der Waals surface area contributed by atoms with Gasteiger partial charge in [-0.15, -0.1) is 0 Å². The van der Waals surface area contributed by atoms with Gasteiger partial charge in [0.15, 0.2) is 6.29 Å². The van der Waals surface area contributed by atoms with Crippen molar-refractivity contribution in [3.63, 3.8) is 0 Å². The average molecular weight is 500 g/mol. The van der Waals surface area contributed by atoms with Crippen LogP contribution in [0.25, 0.3) is 3.58 Å². The normalized spacial score (nSPS) is 20.9. The molecule has 0 radical (unpaired) electrons. The van der Waals surface area contributed by atoms with Crippen molar-refractivity contribution in [2.24, 2.45) is 5.41 Å². The van der Waals surface area contributed by atoms with E-state index >= 15 is 0 Å². The average Bonchev–Trinajstić information content (AvgIpc) is 2.71. The minimum Gasteiger partial charge on any atom is -0.466 e. The van der Waals surface area contributed by atoms with Crippen LogP contribution in [0.15, 0.2) is 30.0 Å². The molecule has 1 atom stereocenters. The van der Waals surface area contributed by atoms with Crippen LogP contribution in [0.3, 0.4) is 0 Å². The van der Waals surface area contributed by atoms with Crippen molar-refractivity contribution < 1.29 is 28.5 Å². The summed E-state index contributed by atoms with van der Waals surface area (Å²) >= 11 is 2.14. The molecule has 1 aliphatic carbocycles. The molecule has 3 rings (SSSR count). The Morgan fingerprint density at radius 1 is 1.14 bits per heavy atom. The monoisotopic (exact) mass is 500 g/mol. The van der Waals surface area contributed by atoms with Gasteiger partial charge in [0.05, 0.1) is 23.4 Å². The van der Waals surface area contributed by atoms with Crippen LogP contribution in [0.4, 0.5) is 0 Å². The number of rotatable bonds is 6. The van der Waals surface area contributed by atoms with Crippen molar-refractivity contribution in [3.05, 3.63) is 41.2 Å². The SMILES string of the molecule is CCOC(=O)C1(C(=O)OCC)Cc2ccccc2C(I)=C1OC1CCCCO1. The van der Waals surface area contributed by atoms with Crippen molar-refractivity contribution >= 4 is 38.1 Å². The first-order valence-corrected chi connectivity index (χ1v) is 10.7. The first-order chi connectivity index (χ1) is 13.5. The molecule has 1 aliphatic heterocycles. The Kier molecular flexibility index (Phi) is 6.98. The van der Waals surface area contributed by atoms with Crippen LogP contribution in [0.1, 0.15) is 44.2 Å². The highest BCUT2D eigenvalue weighted by molar-refractivity contribution is 14.1. The predicted molar refractivity (Wildman–Crippen MR) is 111 cm³/mol. The van der Waals surface area contributed by atoms with Crippen LogP contribution >= 0.6 is 22.6 Å². The van der Waals surface area contributed by atoms with Gasteiger partial charge in [-0.2, -0.15) is 0 Å². The second kappa shape index (κ2) is 9.26. The number of ether oxygens (including phenoxy) is 4. The number of hydrogen-bond acceptors (Lipinski definition) is 6. The van der Waals surface area contributed by atoms with Gasteiger partial charge < -0.3 is 18.9 Å². The number of carbonyl (C=O) groups excluding carboxylic acids is 2. The first-order valence-electron chi connectivity index (χ1n) is 9.65. The van der Waals surface area contributed by atoms with E-state index in [0.717, 1.165) is 24.0 Å². The van der Waals surface area contributed by atoms with Gasteiger partial charge in [0, 0.05) is 12.8 Å². The summed E-state index contributed by atoms with van der Waals surface area (Å²) in [4.78, 5) is 26.3. The zero-order chi connectivity index (χ0) is 20.1. The summed E-state index contributed by atoms with van der Waals surface area (Å²) in [7, 11) is 0. The Bertz CT molecular complexity index is 748. The molecule has 1 fully saturated rings. The van der Waals surface area contributed by atoms with E-state index in [2.05, 4.69) is 22.6 Å². The van der Waals surface area contributed by atoms with Crippen LogP contribution in [0.2, 0.25) is 0 Å². The summed E-state index contributed by atoms with van der Waals surface area (Å²) in [5.74, 6) is -1.03. The van der Waals surface area contributed by atoms with Gasteiger partial charge in [0.25, 0.3) is 0 Å². The second-order valence-electron chi connectivity index (χ2n) is 6.74. The predicted octanol–water partition coefficient (Wildman–Crippen LogP) is 4.00. The maximum atomic E-state index is 13.2. The van der Waals surface area contributed by atoms with Crippen molar-refractivity contribution in [1.29, 1.82) is 0 Å². The minimum atomic E-state index is -1.67. The molecule has 0 spiro atoms. The first kappa shape index (κ1) is 21.1. The zero-order valence-corrected chi connectivity index (χ0v) is 18.3. The molecular weight excluding hydrogens is 475 g/mol. The van der Waals surface area contributed by atoms with Crippen molar-refractivity contribution in [2.75, 3.05) is 19.8 Å². The van der Waals surface area contributed by atoms with E-state index in [4.69, 9.17) is 18.9 Å². The number of benzene rings is 1. The molecule has 0 saturated carbocycles. The Labute approximate surface area is 178 Å². The molecule has 0 aromatic heterocycles. The Morgan fingerprint density at radius 2 is 1.82 bits per heavy atom. The number of hydrogen-bond donors (Lipinski definition) is 0. The quantitative estimate of drug-likeness (QED) is 0.334. The summed E-state index contributed by atoms with van der Waals surface area (Å²) < 4.78 is 23.3. The third-order valence-corrected chi connectivity index (χ3v) is 6.00. The lowest BCUT2D eigenvalue weighted by Crippen LogP contribution is -2.48. The van der Waals surface area contributed by atoms with E-state index in [-0.39, 0.29) is 25.4 Å². The van der Waals surface area contributed by atoms with E-state index in [9.17, 15) is 9.59 Å². The van der Waals surface area contributed by atoms with Crippen LogP contribution in [0.5, 0.6) is 0 Å². The topological polar surface area (TPSA) is 71.1 Å². The van der Waals surface area contributed by atoms with Gasteiger partial charge in [-0.1, -0.05) is 24.3 Å². The third kappa shape index (κ3) is 3.91. The zero-order valence-electron chi connectivity index (χ0n) is 16.2. The smallest absolute Gasteiger partial charge is 0.331 e. The lowest BCUT2D eigenvalue weighted by atomic mass is 9.74. The number of esters is 2. The van der Waals surface area contributed by atoms with Crippen molar-refractivity contribution in [2.45, 2.75) is 45.8 Å². The van der Waals surface area contributed by atoms with Gasteiger partial charge >= 0.3 is 11.9 Å². The van der Waals surface area contributed by atoms with Crippen LogP contribution < -0.4 is 0 Å². The lowest BCUT2D eigenvalue weighted by molar-refractivity contribution is -0.182. The highest BCUT2D eigenvalue weighted by atomic mass is 127. The molecule has 28 heavy (non-hydrogen) atoms. The Hall–Kier alpha value is -1.61. The molecule has 1 heterocycles. The third-order valence-electron chi connectivity index (χ3n) is 4.93. The van der Waals surface area contributed by atoms with Gasteiger partial charge in [0.1, 0.15) is 5.76 Å². The molecule has 1 saturated heterocycles. The standard InChI is InChI=1S/C21H25IO6/c1-3-25-19(23)21(20(24)26-4-2)13-14-9-5-6-10-15(14)17(22)18(21)28-16-11-7-8-12-27-16/h5-6,9-10,16H,3-4,7-8,11-13H2,1-2H3. The highest BCUT2D eigenvalue weighted by Crippen LogP contribution is 2.48. The molecule has 152 valence electrons. The molecule has 7 heteroatoms. The summed E-state index contributed by atoms with van der Waals surface area (Å²) in [6, 6.07) is 7.69. The van der Waals surface area contributed by atoms with Gasteiger partial charge in [-0.25, -0.2) is 0 Å². The maximum absolute atomic E-state index is 13.2. The fraction of sp³-hybridized carbons (Fsp3) is 0.524. The largest absolute Gasteiger partial charge is 0.466 e. The maximum Gasteiger partial charge on any atom is 0.331 e. The van der Waals surface area contributed by atoms with E-state index in [0.29, 0.717) is 16.6 Å². The van der Waals surface area contributed by atoms with E-state index < -0.39 is 23.6 Å². The molecule has 1 aromatic carbocycles. The Balaban J connectivity index is 2.14. The molecule has 0 amide bonds. The minimum absolute atomic E-state index is 0.134. The highest BCUT2D eigenvalue weighted by Gasteiger charge is 2.57. The van der Waals surface area contributed by atoms with E-state index in [1.54, 1.807) is 13.8 Å². The summed E-state index contributed by atoms with van der Waals surface area (Å²) in [5, 5.41) is 0. The number of carbonyl (C=O) groups is 2. The van der Waals surface area contributed by atoms with Gasteiger partial charge in [-0.3, -0.25) is 9.59 Å². The van der Waals surface area contributed by atoms with Crippen molar-refractivity contribution in [1.82, 2.24) is 0 Å². The molecule has 1 aromatic rings. The molecule has 1 unspecified atom stereocenters. The van der Waals surface area contributed by atoms with Gasteiger partial charge in [0.2, 0.25) is 5.41 Å². The van der Waals surface area contributed by atoms with Crippen LogP contribution in [-0.4, -0.2) is 38.0 Å². The number of fused-ring (bicyclic) bond motifs is 1. The van der Waals surface area contributed by atoms with Gasteiger partial charge in [-0.05, 0) is 60.4 Å². The van der Waals surface area contributed by atoms with Crippen molar-refractivity contribution in [3.8, 4) is 0 Å². The summed E-state index contributed by atoms with van der Waals surface area (Å²) in [6.45, 7) is 4.34. The van der Waals surface area contributed by atoms with E-state index in [1.807, 2.05) is 24.3 Å². The summed E-state index contributed by atoms with van der Waals surface area (Å²) in [6.07, 6.45) is 2.28.